The van der Waals surface area contributed by atoms with Gasteiger partial charge in [0.15, 0.2) is 0 Å². The summed E-state index contributed by atoms with van der Waals surface area (Å²) in [6.07, 6.45) is 7.48. The third-order valence-electron chi connectivity index (χ3n) is 5.21. The SMILES string of the molecule is O=C(c1cnc[nH]1)N1CCC(F)(F)[C@]2(CCN(c3cnccn3)C2)C1. The van der Waals surface area contributed by atoms with Gasteiger partial charge >= 0.3 is 0 Å². The summed E-state index contributed by atoms with van der Waals surface area (Å²) in [5, 5.41) is 0. The molecule has 25 heavy (non-hydrogen) atoms. The Hall–Kier alpha value is -2.58. The first-order valence-corrected chi connectivity index (χ1v) is 8.17. The number of aromatic amines is 1. The predicted molar refractivity (Wildman–Crippen MR) is 85.4 cm³/mol. The van der Waals surface area contributed by atoms with Crippen molar-refractivity contribution in [1.82, 2.24) is 24.8 Å². The van der Waals surface area contributed by atoms with Gasteiger partial charge in [-0.05, 0) is 6.42 Å². The molecular formula is C16H18F2N6O. The number of carbonyl (C=O) groups excluding carboxylic acids is 1. The summed E-state index contributed by atoms with van der Waals surface area (Å²) in [5.74, 6) is -2.52. The van der Waals surface area contributed by atoms with Gasteiger partial charge in [-0.1, -0.05) is 0 Å². The first kappa shape index (κ1) is 15.9. The lowest BCUT2D eigenvalue weighted by molar-refractivity contribution is -0.150. The fraction of sp³-hybridized carbons (Fsp3) is 0.500. The van der Waals surface area contributed by atoms with Gasteiger partial charge in [0.1, 0.15) is 11.5 Å². The molecule has 1 spiro atoms. The van der Waals surface area contributed by atoms with Crippen molar-refractivity contribution in [3.63, 3.8) is 0 Å². The molecule has 2 aromatic rings. The Bertz CT molecular complexity index is 753. The van der Waals surface area contributed by atoms with Crippen molar-refractivity contribution < 1.29 is 13.6 Å². The maximum absolute atomic E-state index is 14.8. The number of piperidine rings is 1. The number of hydrogen-bond donors (Lipinski definition) is 1. The summed E-state index contributed by atoms with van der Waals surface area (Å²) in [5.41, 5.74) is -0.942. The summed E-state index contributed by atoms with van der Waals surface area (Å²) in [7, 11) is 0. The molecule has 2 aliphatic heterocycles. The number of aromatic nitrogens is 4. The zero-order valence-electron chi connectivity index (χ0n) is 13.5. The van der Waals surface area contributed by atoms with Crippen LogP contribution in [0.5, 0.6) is 0 Å². The standard InChI is InChI=1S/C16H18F2N6O/c17-16(18)2-6-24(14(25)12-7-20-11-22-12)10-15(16)1-5-23(9-15)13-8-19-3-4-21-13/h3-4,7-8,11H,1-2,5-6,9-10H2,(H,20,22)/t15-/m0/s1. The molecule has 4 heterocycles. The van der Waals surface area contributed by atoms with E-state index in [1.807, 2.05) is 4.90 Å². The first-order valence-electron chi connectivity index (χ1n) is 8.17. The number of nitrogens with one attached hydrogen (secondary N) is 1. The van der Waals surface area contributed by atoms with Crippen LogP contribution in [0.25, 0.3) is 0 Å². The van der Waals surface area contributed by atoms with Crippen LogP contribution < -0.4 is 4.90 Å². The number of amides is 1. The van der Waals surface area contributed by atoms with Crippen LogP contribution in [0.3, 0.4) is 0 Å². The van der Waals surface area contributed by atoms with E-state index in [0.29, 0.717) is 24.5 Å². The van der Waals surface area contributed by atoms with Crippen molar-refractivity contribution in [3.8, 4) is 0 Å². The summed E-state index contributed by atoms with van der Waals surface area (Å²) in [6, 6.07) is 0. The Morgan fingerprint density at radius 3 is 2.72 bits per heavy atom. The fourth-order valence-corrected chi connectivity index (χ4v) is 3.77. The van der Waals surface area contributed by atoms with Crippen molar-refractivity contribution >= 4 is 11.7 Å². The molecule has 132 valence electrons. The van der Waals surface area contributed by atoms with Crippen LogP contribution in [-0.2, 0) is 0 Å². The van der Waals surface area contributed by atoms with Gasteiger partial charge in [0.2, 0.25) is 0 Å². The Balaban J connectivity index is 1.57. The molecule has 0 aliphatic carbocycles. The van der Waals surface area contributed by atoms with E-state index in [-0.39, 0.29) is 32.0 Å². The van der Waals surface area contributed by atoms with Crippen LogP contribution in [-0.4, -0.2) is 62.8 Å². The van der Waals surface area contributed by atoms with Crippen molar-refractivity contribution in [3.05, 3.63) is 36.8 Å². The minimum Gasteiger partial charge on any atom is -0.354 e. The van der Waals surface area contributed by atoms with E-state index in [4.69, 9.17) is 0 Å². The van der Waals surface area contributed by atoms with Gasteiger partial charge in [0.25, 0.3) is 11.8 Å². The van der Waals surface area contributed by atoms with Crippen molar-refractivity contribution in [2.75, 3.05) is 31.1 Å². The monoisotopic (exact) mass is 348 g/mol. The van der Waals surface area contributed by atoms with Gasteiger partial charge in [-0.2, -0.15) is 0 Å². The molecule has 7 nitrogen and oxygen atoms in total. The number of H-pyrrole nitrogens is 1. The zero-order chi connectivity index (χ0) is 17.5. The third kappa shape index (κ3) is 2.63. The topological polar surface area (TPSA) is 78.0 Å². The smallest absolute Gasteiger partial charge is 0.271 e. The highest BCUT2D eigenvalue weighted by molar-refractivity contribution is 5.92. The van der Waals surface area contributed by atoms with Crippen LogP contribution in [0.1, 0.15) is 23.3 Å². The van der Waals surface area contributed by atoms with E-state index in [9.17, 15) is 13.6 Å². The van der Waals surface area contributed by atoms with Crippen molar-refractivity contribution in [2.24, 2.45) is 5.41 Å². The number of imidazole rings is 1. The average Bonchev–Trinajstić information content (AvgIpc) is 3.29. The van der Waals surface area contributed by atoms with Crippen LogP contribution in [0.2, 0.25) is 0 Å². The quantitative estimate of drug-likeness (QED) is 0.891. The van der Waals surface area contributed by atoms with Crippen molar-refractivity contribution in [2.45, 2.75) is 18.8 Å². The van der Waals surface area contributed by atoms with E-state index in [1.54, 1.807) is 18.6 Å². The Morgan fingerprint density at radius 2 is 2.00 bits per heavy atom. The molecule has 0 bridgehead atoms. The summed E-state index contributed by atoms with van der Waals surface area (Å²) in [4.78, 5) is 30.7. The number of carbonyl (C=O) groups is 1. The largest absolute Gasteiger partial charge is 0.354 e. The van der Waals surface area contributed by atoms with Gasteiger partial charge < -0.3 is 14.8 Å². The predicted octanol–water partition coefficient (Wildman–Crippen LogP) is 1.58. The number of likely N-dealkylation sites (tertiary alicyclic amines) is 1. The van der Waals surface area contributed by atoms with Gasteiger partial charge in [0.05, 0.1) is 24.1 Å². The molecule has 1 amide bonds. The summed E-state index contributed by atoms with van der Waals surface area (Å²) < 4.78 is 29.6. The summed E-state index contributed by atoms with van der Waals surface area (Å²) in [6.45, 7) is 0.693. The Labute approximate surface area is 143 Å². The lowest BCUT2D eigenvalue weighted by Gasteiger charge is -2.45. The molecule has 0 saturated carbocycles. The molecule has 1 atom stereocenters. The molecule has 9 heteroatoms. The molecule has 2 saturated heterocycles. The lowest BCUT2D eigenvalue weighted by Crippen LogP contribution is -2.58. The normalized spacial score (nSPS) is 25.5. The molecule has 0 aromatic carbocycles. The van der Waals surface area contributed by atoms with Gasteiger partial charge in [-0.3, -0.25) is 9.78 Å². The number of alkyl halides is 2. The average molecular weight is 348 g/mol. The van der Waals surface area contributed by atoms with E-state index < -0.39 is 11.3 Å². The van der Waals surface area contributed by atoms with E-state index in [2.05, 4.69) is 19.9 Å². The minimum atomic E-state index is -2.82. The lowest BCUT2D eigenvalue weighted by atomic mass is 9.75. The number of hydrogen-bond acceptors (Lipinski definition) is 5. The number of anilines is 1. The highest BCUT2D eigenvalue weighted by atomic mass is 19.3. The van der Waals surface area contributed by atoms with Crippen LogP contribution >= 0.6 is 0 Å². The minimum absolute atomic E-state index is 0.0224. The Kier molecular flexibility index (Phi) is 3.66. The summed E-state index contributed by atoms with van der Waals surface area (Å²) >= 11 is 0. The van der Waals surface area contributed by atoms with Crippen molar-refractivity contribution in [1.29, 1.82) is 0 Å². The molecular weight excluding hydrogens is 330 g/mol. The zero-order valence-corrected chi connectivity index (χ0v) is 13.5. The second kappa shape index (κ2) is 5.75. The molecule has 2 aliphatic rings. The van der Waals surface area contributed by atoms with Gasteiger partial charge in [-0.15, -0.1) is 0 Å². The van der Waals surface area contributed by atoms with Gasteiger partial charge in [0, 0.05) is 45.0 Å². The van der Waals surface area contributed by atoms with E-state index in [1.165, 1.54) is 17.4 Å². The molecule has 2 fully saturated rings. The second-order valence-corrected chi connectivity index (χ2v) is 6.66. The molecule has 1 N–H and O–H groups in total. The fourth-order valence-electron chi connectivity index (χ4n) is 3.77. The number of nitrogens with zero attached hydrogens (tertiary/aromatic N) is 5. The molecule has 2 aromatic heterocycles. The van der Waals surface area contributed by atoms with Crippen LogP contribution in [0.15, 0.2) is 31.1 Å². The molecule has 0 unspecified atom stereocenters. The second-order valence-electron chi connectivity index (χ2n) is 6.66. The molecule has 4 rings (SSSR count). The van der Waals surface area contributed by atoms with Crippen LogP contribution in [0, 0.1) is 5.41 Å². The van der Waals surface area contributed by atoms with Gasteiger partial charge in [-0.25, -0.2) is 18.7 Å². The maximum Gasteiger partial charge on any atom is 0.271 e. The maximum atomic E-state index is 14.8. The molecule has 0 radical (unpaired) electrons. The van der Waals surface area contributed by atoms with Crippen LogP contribution in [0.4, 0.5) is 14.6 Å². The first-order chi connectivity index (χ1) is 12.0. The third-order valence-corrected chi connectivity index (χ3v) is 5.21. The highest BCUT2D eigenvalue weighted by Gasteiger charge is 2.60. The Morgan fingerprint density at radius 1 is 1.12 bits per heavy atom. The number of halogens is 2. The van der Waals surface area contributed by atoms with E-state index in [0.717, 1.165) is 0 Å². The van der Waals surface area contributed by atoms with E-state index >= 15 is 0 Å². The highest BCUT2D eigenvalue weighted by Crippen LogP contribution is 2.50. The number of rotatable bonds is 2.